The van der Waals surface area contributed by atoms with Gasteiger partial charge in [-0.05, 0) is 56.7 Å². The number of likely N-dealkylation sites (N-methyl/N-ethyl adjacent to an activating group) is 2. The number of ether oxygens (including phenoxy) is 2. The Labute approximate surface area is 306 Å². The van der Waals surface area contributed by atoms with Gasteiger partial charge >= 0.3 is 0 Å². The third-order valence-electron chi connectivity index (χ3n) is 10.7. The maximum Gasteiger partial charge on any atom is 0.264 e. The third kappa shape index (κ3) is 11.3. The smallest absolute Gasteiger partial charge is 0.264 e. The number of Topliss-reactive ketones (excluding diaryl/α,β-unsaturated/α-hetero) is 1. The molecular formula is C38H64N4O8S. The first-order chi connectivity index (χ1) is 23.9. The van der Waals surface area contributed by atoms with E-state index in [-0.39, 0.29) is 59.1 Å². The van der Waals surface area contributed by atoms with Crippen LogP contribution in [0.2, 0.25) is 0 Å². The van der Waals surface area contributed by atoms with Gasteiger partial charge in [0.25, 0.3) is 10.0 Å². The minimum atomic E-state index is -4.11. The maximum atomic E-state index is 14.2. The van der Waals surface area contributed by atoms with E-state index >= 15 is 0 Å². The first kappa shape index (κ1) is 44.3. The molecule has 1 aromatic carbocycles. The Morgan fingerprint density at radius 1 is 0.961 bits per heavy atom. The van der Waals surface area contributed by atoms with Gasteiger partial charge in [-0.2, -0.15) is 0 Å². The molecule has 2 rings (SSSR count). The highest BCUT2D eigenvalue weighted by molar-refractivity contribution is 7.90. The quantitative estimate of drug-likeness (QED) is 0.201. The second kappa shape index (κ2) is 19.8. The number of amides is 3. The number of methoxy groups -OCH3 is 2. The van der Waals surface area contributed by atoms with E-state index in [1.807, 2.05) is 48.5 Å². The molecule has 1 aliphatic heterocycles. The minimum Gasteiger partial charge on any atom is -0.379 e. The average Bonchev–Trinajstić information content (AvgIpc) is 3.56. The minimum absolute atomic E-state index is 0.00468. The van der Waals surface area contributed by atoms with Crippen molar-refractivity contribution in [3.05, 3.63) is 29.8 Å². The van der Waals surface area contributed by atoms with E-state index in [1.54, 1.807) is 43.0 Å². The fourth-order valence-electron chi connectivity index (χ4n) is 7.39. The molecule has 1 aliphatic rings. The standard InChI is InChI=1S/C38H64N4O8S/c1-13-26(7)35(41(10)38(46)29(23(2)3)21-31(43)34(39-9)24(4)5)32(49-11)22-33(44)42-20-14-15-30(42)36(50-12)27(8)37(45)40-51(47,48)28-18-16-25(6)17-19-28/h16-19,23-24,26-27,29-30,32,34-36,39H,13-15,20-22H2,1-12H3,(H,40,45)/t26-,27+,29-,30-,32+,34?,35-,36+/m0/s1. The molecule has 1 aromatic rings. The number of aryl methyl sites for hydroxylation is 1. The highest BCUT2D eigenvalue weighted by Crippen LogP contribution is 2.31. The molecule has 290 valence electrons. The van der Waals surface area contributed by atoms with E-state index in [0.29, 0.717) is 19.4 Å². The van der Waals surface area contributed by atoms with Gasteiger partial charge in [0.05, 0.1) is 47.6 Å². The Bertz CT molecular complexity index is 1420. The Kier molecular flexibility index (Phi) is 17.2. The number of ketones is 1. The molecule has 0 aromatic heterocycles. The molecule has 0 spiro atoms. The predicted molar refractivity (Wildman–Crippen MR) is 198 cm³/mol. The monoisotopic (exact) mass is 736 g/mol. The molecule has 0 aliphatic carbocycles. The molecule has 0 saturated carbocycles. The van der Waals surface area contributed by atoms with Crippen LogP contribution >= 0.6 is 0 Å². The lowest BCUT2D eigenvalue weighted by Crippen LogP contribution is -2.54. The number of sulfonamides is 1. The van der Waals surface area contributed by atoms with Crippen molar-refractivity contribution < 1.29 is 37.1 Å². The van der Waals surface area contributed by atoms with E-state index in [1.165, 1.54) is 26.4 Å². The Hall–Kier alpha value is -2.87. The number of carbonyl (C=O) groups is 4. The van der Waals surface area contributed by atoms with Gasteiger partial charge in [-0.25, -0.2) is 13.1 Å². The lowest BCUT2D eigenvalue weighted by Gasteiger charge is -2.41. The summed E-state index contributed by atoms with van der Waals surface area (Å²) in [6, 6.07) is 4.93. The molecular weight excluding hydrogens is 673 g/mol. The molecule has 1 unspecified atom stereocenters. The fraction of sp³-hybridized carbons (Fsp3) is 0.737. The average molecular weight is 737 g/mol. The van der Waals surface area contributed by atoms with Crippen molar-refractivity contribution in [1.82, 2.24) is 19.8 Å². The third-order valence-corrected chi connectivity index (χ3v) is 12.1. The molecule has 0 radical (unpaired) electrons. The highest BCUT2D eigenvalue weighted by Gasteiger charge is 2.43. The van der Waals surface area contributed by atoms with E-state index in [0.717, 1.165) is 12.0 Å². The van der Waals surface area contributed by atoms with Crippen LogP contribution < -0.4 is 10.0 Å². The lowest BCUT2D eigenvalue weighted by atomic mass is 9.84. The zero-order chi connectivity index (χ0) is 38.8. The van der Waals surface area contributed by atoms with Crippen molar-refractivity contribution >= 4 is 33.5 Å². The zero-order valence-corrected chi connectivity index (χ0v) is 33.7. The number of hydrogen-bond acceptors (Lipinski definition) is 9. The second-order valence-corrected chi connectivity index (χ2v) is 16.6. The molecule has 1 heterocycles. The summed E-state index contributed by atoms with van der Waals surface area (Å²) in [5.41, 5.74) is 0.889. The fourth-order valence-corrected chi connectivity index (χ4v) is 8.45. The van der Waals surface area contributed by atoms with Crippen molar-refractivity contribution in [3.8, 4) is 0 Å². The maximum absolute atomic E-state index is 14.2. The van der Waals surface area contributed by atoms with E-state index in [9.17, 15) is 27.6 Å². The second-order valence-electron chi connectivity index (χ2n) is 14.9. The van der Waals surface area contributed by atoms with Gasteiger partial charge in [-0.15, -0.1) is 0 Å². The number of nitrogens with one attached hydrogen (secondary N) is 2. The Morgan fingerprint density at radius 2 is 1.57 bits per heavy atom. The van der Waals surface area contributed by atoms with Gasteiger partial charge in [0.2, 0.25) is 17.7 Å². The van der Waals surface area contributed by atoms with E-state index in [4.69, 9.17) is 9.47 Å². The van der Waals surface area contributed by atoms with Crippen LogP contribution in [0.1, 0.15) is 86.1 Å². The van der Waals surface area contributed by atoms with Gasteiger partial charge in [-0.3, -0.25) is 19.2 Å². The SMILES string of the molecule is CC[C@H](C)[C@@H]([C@@H](CC(=O)N1CCC[C@H]1[C@H](OC)[C@@H](C)C(=O)NS(=O)(=O)c1ccc(C)cc1)OC)N(C)C(=O)[C@@H](CC(=O)C(NC)C(C)C)C(C)C. The summed E-state index contributed by atoms with van der Waals surface area (Å²) in [5, 5.41) is 3.09. The van der Waals surface area contributed by atoms with Gasteiger partial charge in [0.15, 0.2) is 5.78 Å². The van der Waals surface area contributed by atoms with Crippen LogP contribution in [0.3, 0.4) is 0 Å². The first-order valence-corrected chi connectivity index (χ1v) is 19.8. The predicted octanol–water partition coefficient (Wildman–Crippen LogP) is 4.20. The van der Waals surface area contributed by atoms with Crippen molar-refractivity contribution in [2.45, 2.75) is 123 Å². The summed E-state index contributed by atoms with van der Waals surface area (Å²) < 4.78 is 39.9. The van der Waals surface area contributed by atoms with Crippen LogP contribution in [0, 0.1) is 36.5 Å². The number of hydrogen-bond donors (Lipinski definition) is 2. The number of carbonyl (C=O) groups excluding carboxylic acids is 4. The van der Waals surface area contributed by atoms with E-state index in [2.05, 4.69) is 10.0 Å². The first-order valence-electron chi connectivity index (χ1n) is 18.3. The largest absolute Gasteiger partial charge is 0.379 e. The molecule has 51 heavy (non-hydrogen) atoms. The zero-order valence-electron chi connectivity index (χ0n) is 32.9. The topological polar surface area (TPSA) is 151 Å². The number of likely N-dealkylation sites (tertiary alicyclic amines) is 1. The van der Waals surface area contributed by atoms with Crippen molar-refractivity contribution in [3.63, 3.8) is 0 Å². The van der Waals surface area contributed by atoms with Gasteiger partial charge < -0.3 is 24.6 Å². The summed E-state index contributed by atoms with van der Waals surface area (Å²) in [7, 11) is 2.38. The highest BCUT2D eigenvalue weighted by atomic mass is 32.2. The molecule has 12 nitrogen and oxygen atoms in total. The van der Waals surface area contributed by atoms with Crippen LogP contribution in [0.5, 0.6) is 0 Å². The van der Waals surface area contributed by atoms with Crippen molar-refractivity contribution in [2.24, 2.45) is 29.6 Å². The van der Waals surface area contributed by atoms with Gasteiger partial charge in [0, 0.05) is 40.2 Å². The van der Waals surface area contributed by atoms with Gasteiger partial charge in [0.1, 0.15) is 0 Å². The summed E-state index contributed by atoms with van der Waals surface area (Å²) in [5.74, 6) is -2.55. The van der Waals surface area contributed by atoms with Crippen LogP contribution in [0.25, 0.3) is 0 Å². The summed E-state index contributed by atoms with van der Waals surface area (Å²) in [6.45, 7) is 15.8. The summed E-state index contributed by atoms with van der Waals surface area (Å²) >= 11 is 0. The van der Waals surface area contributed by atoms with Gasteiger partial charge in [-0.1, -0.05) is 72.6 Å². The van der Waals surface area contributed by atoms with Crippen molar-refractivity contribution in [1.29, 1.82) is 0 Å². The Balaban J connectivity index is 2.28. The molecule has 0 bridgehead atoms. The van der Waals surface area contributed by atoms with Crippen LogP contribution in [0.4, 0.5) is 0 Å². The molecule has 2 N–H and O–H groups in total. The van der Waals surface area contributed by atoms with Crippen LogP contribution in [-0.2, 0) is 38.7 Å². The Morgan fingerprint density at radius 3 is 2.06 bits per heavy atom. The van der Waals surface area contributed by atoms with Crippen molar-refractivity contribution in [2.75, 3.05) is 34.9 Å². The molecule has 1 fully saturated rings. The van der Waals surface area contributed by atoms with Crippen LogP contribution in [0.15, 0.2) is 29.2 Å². The number of nitrogens with zero attached hydrogens (tertiary/aromatic N) is 2. The lowest BCUT2D eigenvalue weighted by molar-refractivity contribution is -0.149. The summed E-state index contributed by atoms with van der Waals surface area (Å²) in [4.78, 5) is 58.2. The molecule has 13 heteroatoms. The molecule has 8 atom stereocenters. The number of rotatable bonds is 20. The van der Waals surface area contributed by atoms with Crippen LogP contribution in [-0.4, -0.2) is 107 Å². The molecule has 3 amide bonds. The van der Waals surface area contributed by atoms with E-state index < -0.39 is 52.1 Å². The molecule has 1 saturated heterocycles. The normalized spacial score (nSPS) is 19.3. The summed E-state index contributed by atoms with van der Waals surface area (Å²) in [6.07, 6.45) is 0.674. The number of benzene rings is 1.